The Kier molecular flexibility index (Phi) is 4.22. The molecule has 1 unspecified atom stereocenters. The van der Waals surface area contributed by atoms with E-state index >= 15 is 0 Å². The van der Waals surface area contributed by atoms with E-state index in [9.17, 15) is 0 Å². The summed E-state index contributed by atoms with van der Waals surface area (Å²) in [6.45, 7) is 0. The first-order valence-electron chi connectivity index (χ1n) is 5.21. The second-order valence-corrected chi connectivity index (χ2v) is 7.20. The molecule has 1 atom stereocenters. The molecule has 0 spiro atoms. The topological polar surface area (TPSA) is 12.0 Å². The molecule has 0 bridgehead atoms. The summed E-state index contributed by atoms with van der Waals surface area (Å²) in [7, 11) is 1.80. The molecule has 0 aliphatic heterocycles. The lowest BCUT2D eigenvalue weighted by Gasteiger charge is -2.23. The first-order chi connectivity index (χ1) is 8.00. The van der Waals surface area contributed by atoms with E-state index in [1.807, 2.05) is 0 Å². The number of rotatable bonds is 3. The van der Waals surface area contributed by atoms with E-state index in [1.165, 1.54) is 15.6 Å². The van der Waals surface area contributed by atoms with Crippen LogP contribution in [0, 0.1) is 0 Å². The SMILES string of the molecule is CNC(Cc1ccc2ccsc2c1)C(Cl)(Cl)Cl. The summed E-state index contributed by atoms with van der Waals surface area (Å²) < 4.78 is -0.0271. The maximum Gasteiger partial charge on any atom is 0.205 e. The third-order valence-electron chi connectivity index (χ3n) is 2.70. The van der Waals surface area contributed by atoms with Crippen LogP contribution >= 0.6 is 46.1 Å². The van der Waals surface area contributed by atoms with Crippen molar-refractivity contribution in [1.29, 1.82) is 0 Å². The molecular formula is C12H12Cl3NS. The lowest BCUT2D eigenvalue weighted by atomic mass is 10.1. The first kappa shape index (κ1) is 13.4. The third kappa shape index (κ3) is 3.27. The maximum atomic E-state index is 5.92. The Bertz CT molecular complexity index is 504. The maximum absolute atomic E-state index is 5.92. The van der Waals surface area contributed by atoms with Crippen LogP contribution < -0.4 is 5.32 Å². The molecule has 1 aromatic carbocycles. The van der Waals surface area contributed by atoms with Gasteiger partial charge in [-0.3, -0.25) is 0 Å². The van der Waals surface area contributed by atoms with Gasteiger partial charge in [0, 0.05) is 4.70 Å². The van der Waals surface area contributed by atoms with Crippen molar-refractivity contribution in [2.45, 2.75) is 16.3 Å². The fourth-order valence-electron chi connectivity index (χ4n) is 1.74. The van der Waals surface area contributed by atoms with Crippen LogP contribution in [0.15, 0.2) is 29.6 Å². The molecule has 2 aromatic rings. The summed E-state index contributed by atoms with van der Waals surface area (Å²) in [5.41, 5.74) is 1.17. The van der Waals surface area contributed by atoms with Crippen LogP contribution in [-0.4, -0.2) is 16.9 Å². The van der Waals surface area contributed by atoms with Crippen LogP contribution in [0.1, 0.15) is 5.56 Å². The molecule has 2 rings (SSSR count). The van der Waals surface area contributed by atoms with Gasteiger partial charge in [-0.15, -0.1) is 11.3 Å². The minimum atomic E-state index is -1.29. The number of hydrogen-bond acceptors (Lipinski definition) is 2. The zero-order chi connectivity index (χ0) is 12.5. The Labute approximate surface area is 120 Å². The lowest BCUT2D eigenvalue weighted by Crippen LogP contribution is -2.39. The summed E-state index contributed by atoms with van der Waals surface area (Å²) in [4.78, 5) is 0. The number of thiophene rings is 1. The van der Waals surface area contributed by atoms with Gasteiger partial charge in [-0.2, -0.15) is 0 Å². The standard InChI is InChI=1S/C12H12Cl3NS/c1-16-11(12(13,14)15)7-8-2-3-9-4-5-17-10(9)6-8/h2-6,11,16H,7H2,1H3. The average molecular weight is 309 g/mol. The van der Waals surface area contributed by atoms with Gasteiger partial charge in [0.05, 0.1) is 6.04 Å². The van der Waals surface area contributed by atoms with Gasteiger partial charge in [-0.05, 0) is 41.9 Å². The van der Waals surface area contributed by atoms with Gasteiger partial charge in [0.2, 0.25) is 3.79 Å². The fraction of sp³-hybridized carbons (Fsp3) is 0.333. The number of halogens is 3. The number of nitrogens with one attached hydrogen (secondary N) is 1. The Balaban J connectivity index is 2.22. The summed E-state index contributed by atoms with van der Waals surface area (Å²) in [5.74, 6) is 0. The molecule has 92 valence electrons. The van der Waals surface area contributed by atoms with Crippen LogP contribution in [0.3, 0.4) is 0 Å². The summed E-state index contributed by atoms with van der Waals surface area (Å²) in [6.07, 6.45) is 0.695. The zero-order valence-corrected chi connectivity index (χ0v) is 12.3. The van der Waals surface area contributed by atoms with Crippen molar-refractivity contribution in [3.8, 4) is 0 Å². The minimum Gasteiger partial charge on any atom is -0.313 e. The molecule has 0 saturated carbocycles. The van der Waals surface area contributed by atoms with E-state index in [2.05, 4.69) is 35.0 Å². The van der Waals surface area contributed by atoms with E-state index in [1.54, 1.807) is 18.4 Å². The number of fused-ring (bicyclic) bond motifs is 1. The second kappa shape index (κ2) is 5.33. The highest BCUT2D eigenvalue weighted by Gasteiger charge is 2.31. The molecule has 1 nitrogen and oxygen atoms in total. The smallest absolute Gasteiger partial charge is 0.205 e. The van der Waals surface area contributed by atoms with Crippen molar-refractivity contribution >= 4 is 56.2 Å². The normalized spacial score (nSPS) is 14.1. The average Bonchev–Trinajstić information content (AvgIpc) is 2.71. The molecular weight excluding hydrogens is 297 g/mol. The van der Waals surface area contributed by atoms with Gasteiger partial charge in [0.1, 0.15) is 0 Å². The Morgan fingerprint density at radius 3 is 2.71 bits per heavy atom. The number of likely N-dealkylation sites (N-methyl/N-ethyl adjacent to an activating group) is 1. The van der Waals surface area contributed by atoms with E-state index in [-0.39, 0.29) is 6.04 Å². The fourth-order valence-corrected chi connectivity index (χ4v) is 3.15. The van der Waals surface area contributed by atoms with Gasteiger partial charge in [-0.25, -0.2) is 0 Å². The quantitative estimate of drug-likeness (QED) is 0.829. The Morgan fingerprint density at radius 1 is 1.29 bits per heavy atom. The van der Waals surface area contributed by atoms with Crippen molar-refractivity contribution in [3.63, 3.8) is 0 Å². The van der Waals surface area contributed by atoms with E-state index in [4.69, 9.17) is 34.8 Å². The third-order valence-corrected chi connectivity index (χ3v) is 4.37. The second-order valence-electron chi connectivity index (χ2n) is 3.88. The molecule has 1 N–H and O–H groups in total. The van der Waals surface area contributed by atoms with Gasteiger partial charge in [-0.1, -0.05) is 46.9 Å². The van der Waals surface area contributed by atoms with Crippen molar-refractivity contribution in [1.82, 2.24) is 5.32 Å². The number of benzene rings is 1. The van der Waals surface area contributed by atoms with Crippen molar-refractivity contribution in [2.24, 2.45) is 0 Å². The van der Waals surface area contributed by atoms with Crippen molar-refractivity contribution in [2.75, 3.05) is 7.05 Å². The number of alkyl halides is 3. The molecule has 0 amide bonds. The summed E-state index contributed by atoms with van der Waals surface area (Å²) in [6, 6.07) is 8.25. The summed E-state index contributed by atoms with van der Waals surface area (Å²) in [5, 5.41) is 6.38. The largest absolute Gasteiger partial charge is 0.313 e. The van der Waals surface area contributed by atoms with Crippen LogP contribution in [0.4, 0.5) is 0 Å². The molecule has 0 aliphatic carbocycles. The molecule has 0 saturated heterocycles. The van der Waals surface area contributed by atoms with E-state index in [0.29, 0.717) is 6.42 Å². The highest BCUT2D eigenvalue weighted by Crippen LogP contribution is 2.32. The Morgan fingerprint density at radius 2 is 2.06 bits per heavy atom. The first-order valence-corrected chi connectivity index (χ1v) is 7.22. The molecule has 0 aliphatic rings. The van der Waals surface area contributed by atoms with Gasteiger partial charge < -0.3 is 5.32 Å². The molecule has 0 radical (unpaired) electrons. The van der Waals surface area contributed by atoms with Gasteiger partial charge in [0.15, 0.2) is 0 Å². The monoisotopic (exact) mass is 307 g/mol. The van der Waals surface area contributed by atoms with Crippen LogP contribution in [-0.2, 0) is 6.42 Å². The Hall–Kier alpha value is 0.01000. The summed E-state index contributed by atoms with van der Waals surface area (Å²) >= 11 is 19.5. The van der Waals surface area contributed by atoms with Crippen molar-refractivity contribution < 1.29 is 0 Å². The molecule has 17 heavy (non-hydrogen) atoms. The highest BCUT2D eigenvalue weighted by molar-refractivity contribution is 7.17. The van der Waals surface area contributed by atoms with E-state index < -0.39 is 3.79 Å². The molecule has 5 heteroatoms. The predicted molar refractivity (Wildman–Crippen MR) is 78.7 cm³/mol. The molecule has 0 fully saturated rings. The lowest BCUT2D eigenvalue weighted by molar-refractivity contribution is 0.569. The highest BCUT2D eigenvalue weighted by atomic mass is 35.6. The number of hydrogen-bond donors (Lipinski definition) is 1. The van der Waals surface area contributed by atoms with Crippen molar-refractivity contribution in [3.05, 3.63) is 35.2 Å². The van der Waals surface area contributed by atoms with Crippen LogP contribution in [0.5, 0.6) is 0 Å². The zero-order valence-electron chi connectivity index (χ0n) is 9.21. The predicted octanol–water partition coefficient (Wildman–Crippen LogP) is 4.40. The van der Waals surface area contributed by atoms with Gasteiger partial charge in [0.25, 0.3) is 0 Å². The minimum absolute atomic E-state index is 0.190. The van der Waals surface area contributed by atoms with Gasteiger partial charge >= 0.3 is 0 Å². The van der Waals surface area contributed by atoms with E-state index in [0.717, 1.165) is 0 Å². The molecule has 1 aromatic heterocycles. The van der Waals surface area contributed by atoms with Crippen LogP contribution in [0.25, 0.3) is 10.1 Å². The van der Waals surface area contributed by atoms with Crippen LogP contribution in [0.2, 0.25) is 0 Å². The molecule has 1 heterocycles.